The molecule has 4 fully saturated rings. The van der Waals surface area contributed by atoms with Gasteiger partial charge in [-0.2, -0.15) is 0 Å². The maximum atomic E-state index is 2.59. The Morgan fingerprint density at radius 2 is 1.23 bits per heavy atom. The molecule has 0 amide bonds. The van der Waals surface area contributed by atoms with Crippen molar-refractivity contribution in [3.63, 3.8) is 0 Å². The molecule has 0 N–H and O–H groups in total. The van der Waals surface area contributed by atoms with Crippen LogP contribution in [0.25, 0.3) is 0 Å². The lowest BCUT2D eigenvalue weighted by Gasteiger charge is -2.47. The van der Waals surface area contributed by atoms with E-state index in [-0.39, 0.29) is 0 Å². The van der Waals surface area contributed by atoms with Crippen LogP contribution in [0.1, 0.15) is 149 Å². The molecular formula is C30H56. The minimum atomic E-state index is 1.02. The van der Waals surface area contributed by atoms with Crippen LogP contribution in [-0.2, 0) is 0 Å². The van der Waals surface area contributed by atoms with E-state index in [1.165, 1.54) is 83.5 Å². The SMILES string of the molecule is CCC1CCCCCCCC1.CCCCC1C(C)CC2CCCC2C1C1CCCC1. The van der Waals surface area contributed by atoms with E-state index < -0.39 is 0 Å². The molecule has 4 saturated carbocycles. The third-order valence-electron chi connectivity index (χ3n) is 10.00. The number of hydrogen-bond acceptors (Lipinski definition) is 0. The third kappa shape index (κ3) is 7.00. The van der Waals surface area contributed by atoms with E-state index in [1.54, 1.807) is 44.9 Å². The fourth-order valence-corrected chi connectivity index (χ4v) is 8.30. The highest BCUT2D eigenvalue weighted by molar-refractivity contribution is 4.97. The van der Waals surface area contributed by atoms with Crippen LogP contribution in [-0.4, -0.2) is 0 Å². The highest BCUT2D eigenvalue weighted by atomic mass is 14.5. The van der Waals surface area contributed by atoms with Gasteiger partial charge in [-0.3, -0.25) is 0 Å². The fraction of sp³-hybridized carbons (Fsp3) is 1.00. The lowest BCUT2D eigenvalue weighted by molar-refractivity contribution is 0.0160. The Hall–Kier alpha value is 0. The van der Waals surface area contributed by atoms with Gasteiger partial charge in [0.1, 0.15) is 0 Å². The van der Waals surface area contributed by atoms with E-state index in [0.29, 0.717) is 0 Å². The lowest BCUT2D eigenvalue weighted by atomic mass is 9.58. The maximum Gasteiger partial charge on any atom is -0.0324 e. The Morgan fingerprint density at radius 1 is 0.633 bits per heavy atom. The number of fused-ring (bicyclic) bond motifs is 1. The van der Waals surface area contributed by atoms with Gasteiger partial charge < -0.3 is 0 Å². The Balaban J connectivity index is 0.000000199. The van der Waals surface area contributed by atoms with Crippen molar-refractivity contribution in [2.24, 2.45) is 41.4 Å². The van der Waals surface area contributed by atoms with E-state index >= 15 is 0 Å². The van der Waals surface area contributed by atoms with Gasteiger partial charge in [0.15, 0.2) is 0 Å². The summed E-state index contributed by atoms with van der Waals surface area (Å²) in [5.74, 6) is 7.69. The first-order chi connectivity index (χ1) is 14.7. The normalized spacial score (nSPS) is 36.3. The van der Waals surface area contributed by atoms with Gasteiger partial charge in [-0.25, -0.2) is 0 Å². The van der Waals surface area contributed by atoms with E-state index in [1.807, 2.05) is 0 Å². The molecule has 4 aliphatic rings. The zero-order valence-corrected chi connectivity index (χ0v) is 21.2. The van der Waals surface area contributed by atoms with Crippen LogP contribution in [0.2, 0.25) is 0 Å². The number of hydrogen-bond donors (Lipinski definition) is 0. The van der Waals surface area contributed by atoms with Crippen molar-refractivity contribution in [1.29, 1.82) is 0 Å². The monoisotopic (exact) mass is 416 g/mol. The second-order valence-corrected chi connectivity index (χ2v) is 12.0. The van der Waals surface area contributed by atoms with E-state index in [2.05, 4.69) is 20.8 Å². The molecule has 0 heterocycles. The second kappa shape index (κ2) is 13.5. The molecule has 5 unspecified atom stereocenters. The van der Waals surface area contributed by atoms with Crippen molar-refractivity contribution in [3.05, 3.63) is 0 Å². The van der Waals surface area contributed by atoms with Crippen LogP contribution in [0.4, 0.5) is 0 Å². The molecule has 4 rings (SSSR count). The summed E-state index contributed by atoms with van der Waals surface area (Å²) in [6.45, 7) is 7.32. The zero-order chi connectivity index (χ0) is 21.2. The smallest absolute Gasteiger partial charge is 0.0324 e. The van der Waals surface area contributed by atoms with E-state index in [4.69, 9.17) is 0 Å². The summed E-state index contributed by atoms with van der Waals surface area (Å²) in [5, 5.41) is 0. The van der Waals surface area contributed by atoms with Gasteiger partial charge in [0.05, 0.1) is 0 Å². The topological polar surface area (TPSA) is 0 Å². The van der Waals surface area contributed by atoms with Gasteiger partial charge in [0, 0.05) is 0 Å². The number of rotatable bonds is 5. The molecular weight excluding hydrogens is 360 g/mol. The molecule has 4 aliphatic carbocycles. The van der Waals surface area contributed by atoms with Gasteiger partial charge in [-0.1, -0.05) is 130 Å². The molecule has 0 nitrogen and oxygen atoms in total. The minimum absolute atomic E-state index is 1.02. The first-order valence-electron chi connectivity index (χ1n) is 14.7. The highest BCUT2D eigenvalue weighted by Gasteiger charge is 2.47. The van der Waals surface area contributed by atoms with Crippen LogP contribution in [0.5, 0.6) is 0 Å². The Bertz CT molecular complexity index is 423. The van der Waals surface area contributed by atoms with Gasteiger partial charge in [0.25, 0.3) is 0 Å². The van der Waals surface area contributed by atoms with Crippen molar-refractivity contribution in [2.75, 3.05) is 0 Å². The van der Waals surface area contributed by atoms with Gasteiger partial charge >= 0.3 is 0 Å². The van der Waals surface area contributed by atoms with Crippen LogP contribution < -0.4 is 0 Å². The molecule has 0 aromatic rings. The Labute approximate surface area is 190 Å². The molecule has 0 aliphatic heterocycles. The highest BCUT2D eigenvalue weighted by Crippen LogP contribution is 2.56. The average molecular weight is 417 g/mol. The molecule has 0 aromatic carbocycles. The number of unbranched alkanes of at least 4 members (excludes halogenated alkanes) is 1. The van der Waals surface area contributed by atoms with Gasteiger partial charge in [0.2, 0.25) is 0 Å². The maximum absolute atomic E-state index is 2.59. The molecule has 176 valence electrons. The quantitative estimate of drug-likeness (QED) is 0.418. The first-order valence-corrected chi connectivity index (χ1v) is 14.7. The fourth-order valence-electron chi connectivity index (χ4n) is 8.30. The van der Waals surface area contributed by atoms with Crippen LogP contribution >= 0.6 is 0 Å². The van der Waals surface area contributed by atoms with Crippen LogP contribution in [0, 0.1) is 41.4 Å². The third-order valence-corrected chi connectivity index (χ3v) is 10.00. The molecule has 0 aromatic heterocycles. The molecule has 0 spiro atoms. The molecule has 0 radical (unpaired) electrons. The summed E-state index contributed by atoms with van der Waals surface area (Å²) in [6.07, 6.45) is 30.3. The molecule has 0 saturated heterocycles. The van der Waals surface area contributed by atoms with Gasteiger partial charge in [-0.15, -0.1) is 0 Å². The Morgan fingerprint density at radius 3 is 1.87 bits per heavy atom. The predicted molar refractivity (Wildman–Crippen MR) is 134 cm³/mol. The van der Waals surface area contributed by atoms with Crippen molar-refractivity contribution < 1.29 is 0 Å². The average Bonchev–Trinajstić information content (AvgIpc) is 3.45. The van der Waals surface area contributed by atoms with Gasteiger partial charge in [-0.05, 0) is 60.7 Å². The molecule has 30 heavy (non-hydrogen) atoms. The predicted octanol–water partition coefficient (Wildman–Crippen LogP) is 10.2. The minimum Gasteiger partial charge on any atom is -0.0654 e. The van der Waals surface area contributed by atoms with E-state index in [0.717, 1.165) is 41.4 Å². The zero-order valence-electron chi connectivity index (χ0n) is 21.2. The summed E-state index contributed by atoms with van der Waals surface area (Å²) in [7, 11) is 0. The first kappa shape index (κ1) is 24.6. The van der Waals surface area contributed by atoms with Crippen molar-refractivity contribution >= 4 is 0 Å². The van der Waals surface area contributed by atoms with Crippen LogP contribution in [0.3, 0.4) is 0 Å². The summed E-state index contributed by atoms with van der Waals surface area (Å²) >= 11 is 0. The summed E-state index contributed by atoms with van der Waals surface area (Å²) < 4.78 is 0. The van der Waals surface area contributed by atoms with Crippen LogP contribution in [0.15, 0.2) is 0 Å². The summed E-state index contributed by atoms with van der Waals surface area (Å²) in [5.41, 5.74) is 0. The second-order valence-electron chi connectivity index (χ2n) is 12.0. The summed E-state index contributed by atoms with van der Waals surface area (Å²) in [4.78, 5) is 0. The molecule has 5 atom stereocenters. The van der Waals surface area contributed by atoms with E-state index in [9.17, 15) is 0 Å². The van der Waals surface area contributed by atoms with Crippen molar-refractivity contribution in [1.82, 2.24) is 0 Å². The Kier molecular flexibility index (Phi) is 11.1. The molecule has 0 heteroatoms. The summed E-state index contributed by atoms with van der Waals surface area (Å²) in [6, 6.07) is 0. The lowest BCUT2D eigenvalue weighted by Crippen LogP contribution is -2.40. The van der Waals surface area contributed by atoms with Crippen molar-refractivity contribution in [3.8, 4) is 0 Å². The largest absolute Gasteiger partial charge is 0.0654 e. The van der Waals surface area contributed by atoms with Crippen molar-refractivity contribution in [2.45, 2.75) is 149 Å². The standard InChI is InChI=1S/C19H34.C11H22/c1-3-4-11-17-14(2)13-16-10-7-12-18(16)19(17)15-8-5-6-9-15;1-2-11-9-7-5-3-4-6-8-10-11/h14-19H,3-13H2,1-2H3;11H,2-10H2,1H3. The molecule has 0 bridgehead atoms.